The summed E-state index contributed by atoms with van der Waals surface area (Å²) in [5.41, 5.74) is 2.15. The van der Waals surface area contributed by atoms with Crippen LogP contribution >= 0.6 is 11.8 Å². The minimum absolute atomic E-state index is 0.103. The fourth-order valence-corrected chi connectivity index (χ4v) is 2.68. The maximum Gasteiger partial charge on any atom is 0.304 e. The van der Waals surface area contributed by atoms with E-state index in [1.54, 1.807) is 11.8 Å². The molecule has 0 amide bonds. The predicted octanol–water partition coefficient (Wildman–Crippen LogP) is 3.04. The predicted molar refractivity (Wildman–Crippen MR) is 65.9 cm³/mol. The molecule has 0 fully saturated rings. The molecule has 1 heterocycles. The highest BCUT2D eigenvalue weighted by Crippen LogP contribution is 2.26. The Morgan fingerprint density at radius 2 is 2.19 bits per heavy atom. The van der Waals surface area contributed by atoms with Crippen LogP contribution in [0.2, 0.25) is 0 Å². The summed E-state index contributed by atoms with van der Waals surface area (Å²) in [7, 11) is 0. The number of carboxylic acids is 1. The molecule has 0 spiro atoms. The molecule has 0 saturated carbocycles. The maximum absolute atomic E-state index is 10.7. The van der Waals surface area contributed by atoms with Gasteiger partial charge in [0.05, 0.1) is 11.4 Å². The number of pyridine rings is 1. The Balaban J connectivity index is 2.73. The third kappa shape index (κ3) is 4.23. The molecule has 1 aromatic heterocycles. The molecule has 0 aliphatic carbocycles. The number of nitrogens with zero attached hydrogens (tertiary/aromatic N) is 1. The molecule has 88 valence electrons. The van der Waals surface area contributed by atoms with E-state index in [0.29, 0.717) is 0 Å². The molecule has 3 nitrogen and oxygen atoms in total. The van der Waals surface area contributed by atoms with Crippen molar-refractivity contribution in [1.29, 1.82) is 0 Å². The van der Waals surface area contributed by atoms with Crippen LogP contribution in [-0.4, -0.2) is 21.3 Å². The maximum atomic E-state index is 10.7. The van der Waals surface area contributed by atoms with Crippen LogP contribution < -0.4 is 0 Å². The summed E-state index contributed by atoms with van der Waals surface area (Å²) in [5, 5.41) is 9.79. The highest BCUT2D eigenvalue weighted by molar-refractivity contribution is 7.99. The van der Waals surface area contributed by atoms with Gasteiger partial charge >= 0.3 is 5.97 Å². The molecule has 1 atom stereocenters. The number of rotatable bonds is 5. The van der Waals surface area contributed by atoms with Crippen LogP contribution in [0.5, 0.6) is 0 Å². The Hall–Kier alpha value is -1.03. The van der Waals surface area contributed by atoms with Gasteiger partial charge in [-0.25, -0.2) is 4.98 Å². The third-order valence-corrected chi connectivity index (χ3v) is 3.50. The molecular weight excluding hydrogens is 222 g/mol. The SMILES string of the molecule is CCC(CC(=O)O)Sc1cc(C)cc(C)n1. The Kier molecular flexibility index (Phi) is 4.80. The Morgan fingerprint density at radius 3 is 2.69 bits per heavy atom. The highest BCUT2D eigenvalue weighted by atomic mass is 32.2. The largest absolute Gasteiger partial charge is 0.481 e. The normalized spacial score (nSPS) is 12.4. The molecule has 16 heavy (non-hydrogen) atoms. The molecule has 0 radical (unpaired) electrons. The third-order valence-electron chi connectivity index (χ3n) is 2.22. The van der Waals surface area contributed by atoms with Gasteiger partial charge in [-0.3, -0.25) is 4.79 Å². The van der Waals surface area contributed by atoms with E-state index in [1.807, 2.05) is 32.9 Å². The average molecular weight is 239 g/mol. The van der Waals surface area contributed by atoms with E-state index < -0.39 is 5.97 Å². The van der Waals surface area contributed by atoms with E-state index >= 15 is 0 Å². The Labute approximate surface area is 100 Å². The molecule has 0 aliphatic heterocycles. The van der Waals surface area contributed by atoms with Crippen molar-refractivity contribution in [3.63, 3.8) is 0 Å². The quantitative estimate of drug-likeness (QED) is 0.802. The molecule has 0 bridgehead atoms. The van der Waals surface area contributed by atoms with Crippen molar-refractivity contribution in [2.45, 2.75) is 43.9 Å². The lowest BCUT2D eigenvalue weighted by molar-refractivity contribution is -0.136. The average Bonchev–Trinajstić information content (AvgIpc) is 2.14. The first-order valence-corrected chi connectivity index (χ1v) is 6.23. The van der Waals surface area contributed by atoms with Crippen molar-refractivity contribution in [3.05, 3.63) is 23.4 Å². The number of carboxylic acid groups (broad SMARTS) is 1. The second-order valence-corrected chi connectivity index (χ2v) is 5.19. The summed E-state index contributed by atoms with van der Waals surface area (Å²) < 4.78 is 0. The molecule has 0 saturated heterocycles. The first kappa shape index (κ1) is 13.0. The van der Waals surface area contributed by atoms with E-state index in [9.17, 15) is 4.79 Å². The van der Waals surface area contributed by atoms with Crippen LogP contribution in [0.15, 0.2) is 17.2 Å². The number of aliphatic carboxylic acids is 1. The number of aryl methyl sites for hydroxylation is 2. The van der Waals surface area contributed by atoms with E-state index in [-0.39, 0.29) is 11.7 Å². The topological polar surface area (TPSA) is 50.2 Å². The van der Waals surface area contributed by atoms with Crippen molar-refractivity contribution in [2.24, 2.45) is 0 Å². The standard InChI is InChI=1S/C12H17NO2S/c1-4-10(7-12(14)15)16-11-6-8(2)5-9(3)13-11/h5-6,10H,4,7H2,1-3H3,(H,14,15). The second-order valence-electron chi connectivity index (χ2n) is 3.87. The lowest BCUT2D eigenvalue weighted by Crippen LogP contribution is -2.09. The van der Waals surface area contributed by atoms with Crippen molar-refractivity contribution < 1.29 is 9.90 Å². The fourth-order valence-electron chi connectivity index (χ4n) is 1.50. The number of thioether (sulfide) groups is 1. The first-order chi connectivity index (χ1) is 7.51. The van der Waals surface area contributed by atoms with Crippen LogP contribution in [-0.2, 0) is 4.79 Å². The van der Waals surface area contributed by atoms with Gasteiger partial charge < -0.3 is 5.11 Å². The Morgan fingerprint density at radius 1 is 1.50 bits per heavy atom. The zero-order valence-corrected chi connectivity index (χ0v) is 10.7. The lowest BCUT2D eigenvalue weighted by atomic mass is 10.2. The highest BCUT2D eigenvalue weighted by Gasteiger charge is 2.13. The molecule has 0 aliphatic rings. The van der Waals surface area contributed by atoms with Crippen LogP contribution in [0.1, 0.15) is 31.0 Å². The zero-order valence-electron chi connectivity index (χ0n) is 9.86. The van der Waals surface area contributed by atoms with Gasteiger partial charge in [-0.05, 0) is 38.0 Å². The van der Waals surface area contributed by atoms with E-state index in [4.69, 9.17) is 5.11 Å². The minimum atomic E-state index is -0.747. The number of carbonyl (C=O) groups is 1. The molecule has 1 N–H and O–H groups in total. The lowest BCUT2D eigenvalue weighted by Gasteiger charge is -2.12. The summed E-state index contributed by atoms with van der Waals surface area (Å²) in [4.78, 5) is 15.1. The number of aromatic nitrogens is 1. The van der Waals surface area contributed by atoms with Gasteiger partial charge in [0, 0.05) is 10.9 Å². The first-order valence-electron chi connectivity index (χ1n) is 5.35. The monoisotopic (exact) mass is 239 g/mol. The van der Waals surface area contributed by atoms with Gasteiger partial charge in [0.25, 0.3) is 0 Å². The van der Waals surface area contributed by atoms with Crippen molar-refractivity contribution in [2.75, 3.05) is 0 Å². The molecule has 1 aromatic rings. The number of hydrogen-bond acceptors (Lipinski definition) is 3. The minimum Gasteiger partial charge on any atom is -0.481 e. The van der Waals surface area contributed by atoms with Gasteiger partial charge in [0.2, 0.25) is 0 Å². The van der Waals surface area contributed by atoms with Crippen molar-refractivity contribution in [3.8, 4) is 0 Å². The van der Waals surface area contributed by atoms with Gasteiger partial charge in [-0.1, -0.05) is 6.92 Å². The van der Waals surface area contributed by atoms with E-state index in [0.717, 1.165) is 17.1 Å². The zero-order chi connectivity index (χ0) is 12.1. The molecular formula is C12H17NO2S. The van der Waals surface area contributed by atoms with E-state index in [1.165, 1.54) is 5.56 Å². The summed E-state index contributed by atoms with van der Waals surface area (Å²) in [5.74, 6) is -0.747. The summed E-state index contributed by atoms with van der Waals surface area (Å²) in [6, 6.07) is 4.02. The van der Waals surface area contributed by atoms with Gasteiger partial charge in [-0.15, -0.1) is 11.8 Å². The van der Waals surface area contributed by atoms with Crippen LogP contribution in [0, 0.1) is 13.8 Å². The Bertz CT molecular complexity index is 359. The van der Waals surface area contributed by atoms with Gasteiger partial charge in [0.1, 0.15) is 0 Å². The van der Waals surface area contributed by atoms with Crippen molar-refractivity contribution in [1.82, 2.24) is 4.98 Å². The van der Waals surface area contributed by atoms with Gasteiger partial charge in [0.15, 0.2) is 0 Å². The molecule has 4 heteroatoms. The van der Waals surface area contributed by atoms with Crippen LogP contribution in [0.25, 0.3) is 0 Å². The summed E-state index contributed by atoms with van der Waals surface area (Å²) in [6.45, 7) is 5.98. The smallest absolute Gasteiger partial charge is 0.304 e. The van der Waals surface area contributed by atoms with Crippen molar-refractivity contribution >= 4 is 17.7 Å². The summed E-state index contributed by atoms with van der Waals surface area (Å²) >= 11 is 1.55. The molecule has 1 rings (SSSR count). The number of hydrogen-bond donors (Lipinski definition) is 1. The second kappa shape index (κ2) is 5.89. The van der Waals surface area contributed by atoms with Crippen LogP contribution in [0.4, 0.5) is 0 Å². The van der Waals surface area contributed by atoms with E-state index in [2.05, 4.69) is 4.98 Å². The molecule has 0 aromatic carbocycles. The molecule has 1 unspecified atom stereocenters. The fraction of sp³-hybridized carbons (Fsp3) is 0.500. The van der Waals surface area contributed by atoms with Gasteiger partial charge in [-0.2, -0.15) is 0 Å². The van der Waals surface area contributed by atoms with Crippen LogP contribution in [0.3, 0.4) is 0 Å². The summed E-state index contributed by atoms with van der Waals surface area (Å²) in [6.07, 6.45) is 1.03.